The van der Waals surface area contributed by atoms with Crippen molar-refractivity contribution in [1.82, 2.24) is 0 Å². The van der Waals surface area contributed by atoms with Gasteiger partial charge in [-0.15, -0.1) is 22.7 Å². The maximum Gasteiger partial charge on any atom is 0.0960 e. The lowest BCUT2D eigenvalue weighted by molar-refractivity contribution is 0.913. The molecule has 3 rings (SSSR count). The summed E-state index contributed by atoms with van der Waals surface area (Å²) in [6.45, 7) is 2.07. The smallest absolute Gasteiger partial charge is 0.0960 e. The van der Waals surface area contributed by atoms with Crippen molar-refractivity contribution in [2.75, 3.05) is 0 Å². The molecule has 0 N–H and O–H groups in total. The van der Waals surface area contributed by atoms with Gasteiger partial charge < -0.3 is 0 Å². The summed E-state index contributed by atoms with van der Waals surface area (Å²) >= 11 is 13.6. The number of fused-ring (bicyclic) bond motifs is 1. The van der Waals surface area contributed by atoms with Crippen LogP contribution in [0.2, 0.25) is 4.34 Å². The highest BCUT2D eigenvalue weighted by Crippen LogP contribution is 2.43. The van der Waals surface area contributed by atoms with Crippen molar-refractivity contribution in [3.8, 4) is 0 Å². The van der Waals surface area contributed by atoms with E-state index in [-0.39, 0.29) is 0 Å². The number of alkyl halides is 1. The van der Waals surface area contributed by atoms with E-state index in [9.17, 15) is 0 Å². The van der Waals surface area contributed by atoms with E-state index in [2.05, 4.69) is 35.0 Å². The van der Waals surface area contributed by atoms with Crippen molar-refractivity contribution < 1.29 is 0 Å². The molecule has 1 aliphatic carbocycles. The van der Waals surface area contributed by atoms with Gasteiger partial charge in [0.2, 0.25) is 0 Å². The molecular weight excluding hydrogens is 336 g/mol. The summed E-state index contributed by atoms with van der Waals surface area (Å²) in [7, 11) is 0. The molecule has 0 aliphatic heterocycles. The van der Waals surface area contributed by atoms with Crippen LogP contribution in [-0.4, -0.2) is 0 Å². The summed E-state index contributed by atoms with van der Waals surface area (Å²) in [6, 6.07) is 4.56. The Hall–Kier alpha value is 0.170. The molecule has 0 saturated heterocycles. The Labute approximate surface area is 123 Å². The fourth-order valence-electron chi connectivity index (χ4n) is 2.23. The minimum atomic E-state index is 0.314. The van der Waals surface area contributed by atoms with Crippen LogP contribution in [0.1, 0.15) is 37.0 Å². The first-order chi connectivity index (χ1) is 8.15. The van der Waals surface area contributed by atoms with Crippen LogP contribution in [0.5, 0.6) is 0 Å². The molecule has 1 unspecified atom stereocenters. The Bertz CT molecular complexity index is 515. The third kappa shape index (κ3) is 2.23. The van der Waals surface area contributed by atoms with E-state index in [1.807, 2.05) is 11.3 Å². The summed E-state index contributed by atoms with van der Waals surface area (Å²) in [6.07, 6.45) is 3.86. The lowest BCUT2D eigenvalue weighted by Gasteiger charge is -2.04. The highest BCUT2D eigenvalue weighted by molar-refractivity contribution is 9.09. The fraction of sp³-hybridized carbons (Fsp3) is 0.385. The molecule has 1 aliphatic rings. The minimum Gasteiger partial charge on any atom is -0.144 e. The van der Waals surface area contributed by atoms with Gasteiger partial charge in [0, 0.05) is 14.6 Å². The normalized spacial score (nSPS) is 16.2. The van der Waals surface area contributed by atoms with Gasteiger partial charge in [0.25, 0.3) is 0 Å². The average Bonchev–Trinajstić information content (AvgIpc) is 2.92. The molecule has 2 aromatic rings. The van der Waals surface area contributed by atoms with Gasteiger partial charge >= 0.3 is 0 Å². The van der Waals surface area contributed by atoms with Crippen molar-refractivity contribution in [3.63, 3.8) is 0 Å². The fourth-order valence-corrected chi connectivity index (χ4v) is 5.59. The van der Waals surface area contributed by atoms with Gasteiger partial charge in [-0.05, 0) is 49.4 Å². The summed E-state index contributed by atoms with van der Waals surface area (Å²) in [5.74, 6) is 0. The molecule has 0 nitrogen and oxygen atoms in total. The van der Waals surface area contributed by atoms with Crippen molar-refractivity contribution in [3.05, 3.63) is 42.2 Å². The summed E-state index contributed by atoms with van der Waals surface area (Å²) in [5, 5.41) is 0. The maximum absolute atomic E-state index is 6.14. The van der Waals surface area contributed by atoms with Crippen LogP contribution >= 0.6 is 50.2 Å². The van der Waals surface area contributed by atoms with E-state index in [1.165, 1.54) is 34.6 Å². The van der Waals surface area contributed by atoms with E-state index < -0.39 is 0 Å². The summed E-state index contributed by atoms with van der Waals surface area (Å²) < 4.78 is 0.911. The van der Waals surface area contributed by atoms with Crippen LogP contribution in [0.3, 0.4) is 0 Å². The van der Waals surface area contributed by atoms with E-state index in [0.29, 0.717) is 4.83 Å². The van der Waals surface area contributed by atoms with Gasteiger partial charge in [0.15, 0.2) is 0 Å². The minimum absolute atomic E-state index is 0.314. The summed E-state index contributed by atoms with van der Waals surface area (Å²) in [4.78, 5) is 4.64. The van der Waals surface area contributed by atoms with Gasteiger partial charge in [0.1, 0.15) is 0 Å². The first-order valence-corrected chi connectivity index (χ1v) is 8.59. The molecule has 1 atom stereocenters. The maximum atomic E-state index is 6.14. The molecule has 0 radical (unpaired) electrons. The number of hydrogen-bond donors (Lipinski definition) is 0. The Morgan fingerprint density at radius 2 is 2.00 bits per heavy atom. The Morgan fingerprint density at radius 3 is 2.65 bits per heavy atom. The Balaban J connectivity index is 1.92. The quantitative estimate of drug-likeness (QED) is 0.607. The summed E-state index contributed by atoms with van der Waals surface area (Å²) in [5.41, 5.74) is 2.74. The lowest BCUT2D eigenvalue weighted by atomic mass is 10.2. The molecule has 0 saturated carbocycles. The molecular formula is C13H12BrClS2. The van der Waals surface area contributed by atoms with E-state index in [1.54, 1.807) is 21.8 Å². The van der Waals surface area contributed by atoms with Crippen molar-refractivity contribution in [1.29, 1.82) is 0 Å². The molecule has 0 aromatic carbocycles. The van der Waals surface area contributed by atoms with Crippen LogP contribution in [0.4, 0.5) is 0 Å². The largest absolute Gasteiger partial charge is 0.144 e. The molecule has 2 aromatic heterocycles. The van der Waals surface area contributed by atoms with Crippen LogP contribution in [0, 0.1) is 6.92 Å². The number of rotatable bonds is 2. The average molecular weight is 348 g/mol. The second-order valence-corrected chi connectivity index (χ2v) is 8.19. The highest BCUT2D eigenvalue weighted by atomic mass is 79.9. The molecule has 2 heterocycles. The molecule has 0 spiro atoms. The van der Waals surface area contributed by atoms with Crippen LogP contribution in [0.25, 0.3) is 0 Å². The number of halogens is 2. The van der Waals surface area contributed by atoms with Gasteiger partial charge in [-0.1, -0.05) is 27.5 Å². The van der Waals surface area contributed by atoms with Crippen molar-refractivity contribution in [2.24, 2.45) is 0 Å². The molecule has 0 bridgehead atoms. The Kier molecular flexibility index (Phi) is 3.37. The predicted molar refractivity (Wildman–Crippen MR) is 81.2 cm³/mol. The van der Waals surface area contributed by atoms with Crippen LogP contribution in [-0.2, 0) is 12.8 Å². The first kappa shape index (κ1) is 12.2. The van der Waals surface area contributed by atoms with E-state index in [4.69, 9.17) is 11.6 Å². The van der Waals surface area contributed by atoms with Crippen molar-refractivity contribution >= 4 is 50.2 Å². The zero-order valence-electron chi connectivity index (χ0n) is 9.43. The molecule has 17 heavy (non-hydrogen) atoms. The second-order valence-electron chi connectivity index (χ2n) is 4.42. The number of hydrogen-bond acceptors (Lipinski definition) is 2. The SMILES string of the molecule is Cc1cc(C(Br)c2cc3c(s2)CCC3)sc1Cl. The molecule has 0 fully saturated rings. The third-order valence-corrected chi connectivity index (χ3v) is 7.66. The van der Waals surface area contributed by atoms with Crippen molar-refractivity contribution in [2.45, 2.75) is 31.0 Å². The van der Waals surface area contributed by atoms with E-state index >= 15 is 0 Å². The number of thiophene rings is 2. The Morgan fingerprint density at radius 1 is 1.24 bits per heavy atom. The monoisotopic (exact) mass is 346 g/mol. The zero-order valence-corrected chi connectivity index (χ0v) is 13.4. The second kappa shape index (κ2) is 4.69. The van der Waals surface area contributed by atoms with Gasteiger partial charge in [0.05, 0.1) is 9.16 Å². The zero-order chi connectivity index (χ0) is 12.0. The lowest BCUT2D eigenvalue weighted by Crippen LogP contribution is -1.85. The molecule has 0 amide bonds. The van der Waals surface area contributed by atoms with Crippen LogP contribution < -0.4 is 0 Å². The topological polar surface area (TPSA) is 0 Å². The van der Waals surface area contributed by atoms with Gasteiger partial charge in [-0.2, -0.15) is 0 Å². The first-order valence-electron chi connectivity index (χ1n) is 5.66. The van der Waals surface area contributed by atoms with Gasteiger partial charge in [-0.3, -0.25) is 0 Å². The third-order valence-electron chi connectivity index (χ3n) is 3.14. The van der Waals surface area contributed by atoms with Gasteiger partial charge in [-0.25, -0.2) is 0 Å². The standard InChI is InChI=1S/C13H12BrClS2/c1-7-5-10(17-13(7)15)12(14)11-6-8-3-2-4-9(8)16-11/h5-6,12H,2-4H2,1H3. The number of aryl methyl sites for hydroxylation is 3. The van der Waals surface area contributed by atoms with E-state index in [0.717, 1.165) is 4.34 Å². The molecule has 4 heteroatoms. The predicted octanol–water partition coefficient (Wildman–Crippen LogP) is 5.74. The highest BCUT2D eigenvalue weighted by Gasteiger charge is 2.21. The van der Waals surface area contributed by atoms with Crippen LogP contribution in [0.15, 0.2) is 12.1 Å². The molecule has 90 valence electrons.